The number of ether oxygens (including phenoxy) is 2. The van der Waals surface area contributed by atoms with Gasteiger partial charge in [0, 0.05) is 17.0 Å². The molecule has 0 amide bonds. The van der Waals surface area contributed by atoms with Crippen molar-refractivity contribution in [3.63, 3.8) is 0 Å². The van der Waals surface area contributed by atoms with Crippen LogP contribution in [0.15, 0.2) is 40.7 Å². The molecule has 2 aromatic rings. The van der Waals surface area contributed by atoms with Crippen molar-refractivity contribution in [3.8, 4) is 11.5 Å². The summed E-state index contributed by atoms with van der Waals surface area (Å²) < 4.78 is 10.8. The fourth-order valence-corrected chi connectivity index (χ4v) is 3.30. The van der Waals surface area contributed by atoms with Crippen molar-refractivity contribution in [2.75, 3.05) is 27.3 Å². The molecule has 3 N–H and O–H groups in total. The number of nitrogens with zero attached hydrogens (tertiary/aromatic N) is 1. The van der Waals surface area contributed by atoms with Gasteiger partial charge in [-0.25, -0.2) is 4.99 Å². The van der Waals surface area contributed by atoms with Crippen molar-refractivity contribution < 1.29 is 14.6 Å². The van der Waals surface area contributed by atoms with E-state index in [2.05, 4.69) is 15.6 Å². The second-order valence-corrected chi connectivity index (χ2v) is 6.90. The lowest BCUT2D eigenvalue weighted by molar-refractivity contribution is 0.0655. The van der Waals surface area contributed by atoms with Crippen molar-refractivity contribution in [2.24, 2.45) is 4.99 Å². The van der Waals surface area contributed by atoms with Gasteiger partial charge >= 0.3 is 0 Å². The first kappa shape index (κ1) is 20.1. The van der Waals surface area contributed by atoms with E-state index in [0.29, 0.717) is 30.5 Å². The monoisotopic (exact) mass is 377 g/mol. The quantitative estimate of drug-likeness (QED) is 0.487. The standard InChI is InChI=1S/C19H27N3O3S/c1-5-20-18(22-13-19(2,23)16-10-7-11-26-16)21-12-14-8-6-9-15(24-3)17(14)25-4/h6-11,23H,5,12-13H2,1-4H3,(H2,20,21,22). The van der Waals surface area contributed by atoms with Gasteiger partial charge in [0.15, 0.2) is 17.5 Å². The minimum absolute atomic E-state index is 0.356. The summed E-state index contributed by atoms with van der Waals surface area (Å²) >= 11 is 1.53. The third-order valence-corrected chi connectivity index (χ3v) is 5.01. The number of nitrogens with one attached hydrogen (secondary N) is 2. The predicted octanol–water partition coefficient (Wildman–Crippen LogP) is 2.73. The molecule has 1 aromatic carbocycles. The Balaban J connectivity index is 2.10. The van der Waals surface area contributed by atoms with Crippen LogP contribution in [-0.4, -0.2) is 38.4 Å². The topological polar surface area (TPSA) is 75.1 Å². The maximum atomic E-state index is 10.7. The zero-order valence-electron chi connectivity index (χ0n) is 15.7. The molecule has 0 aliphatic heterocycles. The zero-order chi connectivity index (χ0) is 19.0. The Hall–Kier alpha value is -2.25. The fraction of sp³-hybridized carbons (Fsp3) is 0.421. The van der Waals surface area contributed by atoms with E-state index in [1.807, 2.05) is 42.6 Å². The van der Waals surface area contributed by atoms with Gasteiger partial charge in [-0.3, -0.25) is 0 Å². The highest BCUT2D eigenvalue weighted by Gasteiger charge is 2.24. The number of para-hydroxylation sites is 1. The molecule has 26 heavy (non-hydrogen) atoms. The van der Waals surface area contributed by atoms with E-state index in [1.54, 1.807) is 21.1 Å². The summed E-state index contributed by atoms with van der Waals surface area (Å²) in [5.74, 6) is 1.99. The van der Waals surface area contributed by atoms with Gasteiger partial charge in [0.1, 0.15) is 5.60 Å². The Kier molecular flexibility index (Phi) is 7.29. The molecule has 1 aromatic heterocycles. The third kappa shape index (κ3) is 5.12. The molecule has 7 heteroatoms. The van der Waals surface area contributed by atoms with E-state index in [-0.39, 0.29) is 0 Å². The minimum Gasteiger partial charge on any atom is -0.493 e. The average molecular weight is 378 g/mol. The first-order chi connectivity index (χ1) is 12.5. The SMILES string of the molecule is CCNC(=NCc1cccc(OC)c1OC)NCC(C)(O)c1cccs1. The molecule has 0 fully saturated rings. The molecule has 0 bridgehead atoms. The number of thiophene rings is 1. The summed E-state index contributed by atoms with van der Waals surface area (Å²) in [6.45, 7) is 5.30. The van der Waals surface area contributed by atoms with Gasteiger partial charge in [-0.05, 0) is 31.4 Å². The number of aliphatic imine (C=N–C) groups is 1. The Morgan fingerprint density at radius 2 is 2.00 bits per heavy atom. The van der Waals surface area contributed by atoms with Crippen molar-refractivity contribution >= 4 is 17.3 Å². The van der Waals surface area contributed by atoms with E-state index in [0.717, 1.165) is 17.0 Å². The fourth-order valence-electron chi connectivity index (χ4n) is 2.51. The van der Waals surface area contributed by atoms with Crippen LogP contribution in [0, 0.1) is 0 Å². The van der Waals surface area contributed by atoms with E-state index in [9.17, 15) is 5.11 Å². The second-order valence-electron chi connectivity index (χ2n) is 5.95. The molecular weight excluding hydrogens is 350 g/mol. The van der Waals surface area contributed by atoms with Gasteiger partial charge in [-0.2, -0.15) is 0 Å². The molecule has 0 saturated carbocycles. The Morgan fingerprint density at radius 3 is 2.62 bits per heavy atom. The normalized spacial score (nSPS) is 13.8. The summed E-state index contributed by atoms with van der Waals surface area (Å²) in [5, 5.41) is 19.0. The average Bonchev–Trinajstić information content (AvgIpc) is 3.19. The highest BCUT2D eigenvalue weighted by Crippen LogP contribution is 2.31. The van der Waals surface area contributed by atoms with Gasteiger partial charge in [0.05, 0.1) is 27.3 Å². The molecule has 0 aliphatic carbocycles. The van der Waals surface area contributed by atoms with Crippen molar-refractivity contribution in [3.05, 3.63) is 46.2 Å². The largest absolute Gasteiger partial charge is 0.493 e. The van der Waals surface area contributed by atoms with Gasteiger partial charge in [0.25, 0.3) is 0 Å². The van der Waals surface area contributed by atoms with Gasteiger partial charge < -0.3 is 25.2 Å². The van der Waals surface area contributed by atoms with Crippen LogP contribution in [0.3, 0.4) is 0 Å². The smallest absolute Gasteiger partial charge is 0.191 e. The molecule has 0 radical (unpaired) electrons. The van der Waals surface area contributed by atoms with E-state index < -0.39 is 5.60 Å². The number of rotatable bonds is 8. The lowest BCUT2D eigenvalue weighted by Crippen LogP contribution is -2.44. The maximum Gasteiger partial charge on any atom is 0.191 e. The maximum absolute atomic E-state index is 10.7. The Labute approximate surface area is 158 Å². The van der Waals surface area contributed by atoms with Crippen molar-refractivity contribution in [1.82, 2.24) is 10.6 Å². The Morgan fingerprint density at radius 1 is 1.19 bits per heavy atom. The van der Waals surface area contributed by atoms with Crippen LogP contribution in [0.1, 0.15) is 24.3 Å². The summed E-state index contributed by atoms with van der Waals surface area (Å²) in [6.07, 6.45) is 0. The van der Waals surface area contributed by atoms with Crippen LogP contribution in [0.2, 0.25) is 0 Å². The van der Waals surface area contributed by atoms with Crippen molar-refractivity contribution in [2.45, 2.75) is 26.0 Å². The van der Waals surface area contributed by atoms with Crippen LogP contribution in [0.5, 0.6) is 11.5 Å². The summed E-state index contributed by atoms with van der Waals surface area (Å²) in [6, 6.07) is 9.58. The highest BCUT2D eigenvalue weighted by molar-refractivity contribution is 7.10. The third-order valence-electron chi connectivity index (χ3n) is 3.89. The lowest BCUT2D eigenvalue weighted by atomic mass is 10.1. The van der Waals surface area contributed by atoms with E-state index in [1.165, 1.54) is 11.3 Å². The highest BCUT2D eigenvalue weighted by atomic mass is 32.1. The molecule has 1 atom stereocenters. The predicted molar refractivity (Wildman–Crippen MR) is 106 cm³/mol. The molecular formula is C19H27N3O3S. The van der Waals surface area contributed by atoms with Crippen LogP contribution in [-0.2, 0) is 12.1 Å². The number of hydrogen-bond donors (Lipinski definition) is 3. The molecule has 0 aliphatic rings. The summed E-state index contributed by atoms with van der Waals surface area (Å²) in [4.78, 5) is 5.52. The number of hydrogen-bond acceptors (Lipinski definition) is 5. The lowest BCUT2D eigenvalue weighted by Gasteiger charge is -2.23. The Bertz CT molecular complexity index is 715. The molecule has 142 valence electrons. The van der Waals surface area contributed by atoms with E-state index in [4.69, 9.17) is 9.47 Å². The van der Waals surface area contributed by atoms with Gasteiger partial charge in [-0.15, -0.1) is 11.3 Å². The van der Waals surface area contributed by atoms with Crippen LogP contribution in [0.25, 0.3) is 0 Å². The molecule has 6 nitrogen and oxygen atoms in total. The molecule has 1 heterocycles. The van der Waals surface area contributed by atoms with E-state index >= 15 is 0 Å². The molecule has 0 spiro atoms. The first-order valence-corrected chi connectivity index (χ1v) is 9.38. The van der Waals surface area contributed by atoms with Crippen LogP contribution >= 0.6 is 11.3 Å². The molecule has 2 rings (SSSR count). The second kappa shape index (κ2) is 9.45. The molecule has 1 unspecified atom stereocenters. The van der Waals surface area contributed by atoms with Gasteiger partial charge in [0.2, 0.25) is 0 Å². The first-order valence-electron chi connectivity index (χ1n) is 8.50. The summed E-state index contributed by atoms with van der Waals surface area (Å²) in [7, 11) is 3.23. The molecule has 0 saturated heterocycles. The summed E-state index contributed by atoms with van der Waals surface area (Å²) in [5.41, 5.74) is -0.0352. The number of aliphatic hydroxyl groups is 1. The number of guanidine groups is 1. The van der Waals surface area contributed by atoms with Crippen LogP contribution in [0.4, 0.5) is 0 Å². The number of benzene rings is 1. The zero-order valence-corrected chi connectivity index (χ0v) is 16.5. The van der Waals surface area contributed by atoms with Crippen molar-refractivity contribution in [1.29, 1.82) is 0 Å². The minimum atomic E-state index is -0.960. The number of methoxy groups -OCH3 is 2. The van der Waals surface area contributed by atoms with Gasteiger partial charge in [-0.1, -0.05) is 18.2 Å². The van der Waals surface area contributed by atoms with Crippen LogP contribution < -0.4 is 20.1 Å².